The maximum absolute atomic E-state index is 13.6. The highest BCUT2D eigenvalue weighted by Crippen LogP contribution is 2.42. The maximum atomic E-state index is 13.6. The Balaban J connectivity index is 2.37. The molecule has 1 saturated heterocycles. The minimum absolute atomic E-state index is 0.112. The second-order valence-corrected chi connectivity index (χ2v) is 4.86. The zero-order valence-electron chi connectivity index (χ0n) is 9.12. The molecule has 0 bridgehead atoms. The summed E-state index contributed by atoms with van der Waals surface area (Å²) in [4.78, 5) is 22.9. The minimum atomic E-state index is -1.36. The fraction of sp³-hybridized carbons (Fsp3) is 0.273. The van der Waals surface area contributed by atoms with Crippen LogP contribution in [-0.2, 0) is 4.79 Å². The summed E-state index contributed by atoms with van der Waals surface area (Å²) in [7, 11) is 0. The third-order valence-electron chi connectivity index (χ3n) is 2.68. The molecule has 1 aromatic rings. The summed E-state index contributed by atoms with van der Waals surface area (Å²) >= 11 is 1.11. The fourth-order valence-electron chi connectivity index (χ4n) is 1.85. The van der Waals surface area contributed by atoms with Gasteiger partial charge in [0.25, 0.3) is 0 Å². The van der Waals surface area contributed by atoms with Gasteiger partial charge in [-0.1, -0.05) is 18.2 Å². The monoisotopic (exact) mass is 271 g/mol. The molecule has 1 unspecified atom stereocenters. The third kappa shape index (κ3) is 2.13. The number of carboxylic acids is 1. The minimum Gasteiger partial charge on any atom is -0.480 e. The fourth-order valence-corrected chi connectivity index (χ4v) is 3.28. The smallest absolute Gasteiger partial charge is 0.409 e. The lowest BCUT2D eigenvalue weighted by atomic mass is 10.1. The highest BCUT2D eigenvalue weighted by Gasteiger charge is 2.43. The van der Waals surface area contributed by atoms with Crippen LogP contribution in [0.5, 0.6) is 0 Å². The molecule has 2 atom stereocenters. The Bertz CT molecular complexity index is 496. The zero-order valence-corrected chi connectivity index (χ0v) is 9.93. The Hall–Kier alpha value is -1.76. The van der Waals surface area contributed by atoms with Gasteiger partial charge in [-0.2, -0.15) is 0 Å². The second kappa shape index (κ2) is 4.85. The van der Waals surface area contributed by atoms with Gasteiger partial charge in [0, 0.05) is 11.3 Å². The van der Waals surface area contributed by atoms with Crippen LogP contribution in [-0.4, -0.2) is 39.0 Å². The summed E-state index contributed by atoms with van der Waals surface area (Å²) < 4.78 is 13.6. The number of rotatable bonds is 2. The molecule has 96 valence electrons. The Morgan fingerprint density at radius 3 is 2.56 bits per heavy atom. The number of nitrogens with zero attached hydrogens (tertiary/aromatic N) is 1. The molecule has 18 heavy (non-hydrogen) atoms. The molecule has 5 nitrogen and oxygen atoms in total. The van der Waals surface area contributed by atoms with Crippen molar-refractivity contribution in [3.8, 4) is 0 Å². The standard InChI is InChI=1S/C11H10FNO4S/c12-7-4-2-1-3-6(7)9-13(11(16)17)8(5-18-9)10(14)15/h1-4,8-9H,5H2,(H,14,15)(H,16,17)/t8?,9-/m1/s1. The van der Waals surface area contributed by atoms with Crippen LogP contribution >= 0.6 is 11.8 Å². The van der Waals surface area contributed by atoms with E-state index in [-0.39, 0.29) is 11.3 Å². The van der Waals surface area contributed by atoms with Crippen molar-refractivity contribution in [3.63, 3.8) is 0 Å². The van der Waals surface area contributed by atoms with Crippen LogP contribution in [0.3, 0.4) is 0 Å². The Morgan fingerprint density at radius 1 is 1.33 bits per heavy atom. The summed E-state index contributed by atoms with van der Waals surface area (Å²) in [5.41, 5.74) is 0.189. The Kier molecular flexibility index (Phi) is 3.42. The van der Waals surface area contributed by atoms with Gasteiger partial charge in [-0.05, 0) is 6.07 Å². The van der Waals surface area contributed by atoms with Gasteiger partial charge in [0.15, 0.2) is 0 Å². The van der Waals surface area contributed by atoms with Crippen LogP contribution in [0.1, 0.15) is 10.9 Å². The average Bonchev–Trinajstić information content (AvgIpc) is 2.74. The first-order chi connectivity index (χ1) is 8.52. The van der Waals surface area contributed by atoms with Gasteiger partial charge in [0.05, 0.1) is 0 Å². The maximum Gasteiger partial charge on any atom is 0.409 e. The predicted octanol–water partition coefficient (Wildman–Crippen LogP) is 2.00. The molecule has 7 heteroatoms. The quantitative estimate of drug-likeness (QED) is 0.860. The number of carbonyl (C=O) groups is 2. The average molecular weight is 271 g/mol. The Labute approximate surface area is 106 Å². The van der Waals surface area contributed by atoms with Crippen molar-refractivity contribution in [3.05, 3.63) is 35.6 Å². The molecule has 0 radical (unpaired) electrons. The van der Waals surface area contributed by atoms with Gasteiger partial charge in [0.2, 0.25) is 0 Å². The molecule has 1 fully saturated rings. The number of hydrogen-bond donors (Lipinski definition) is 2. The van der Waals surface area contributed by atoms with Gasteiger partial charge >= 0.3 is 12.1 Å². The van der Waals surface area contributed by atoms with E-state index in [4.69, 9.17) is 10.2 Å². The molecule has 1 heterocycles. The van der Waals surface area contributed by atoms with E-state index < -0.39 is 29.3 Å². The zero-order chi connectivity index (χ0) is 13.3. The molecule has 2 rings (SSSR count). The molecule has 0 aromatic heterocycles. The Morgan fingerprint density at radius 2 is 2.00 bits per heavy atom. The van der Waals surface area contributed by atoms with Crippen molar-refractivity contribution >= 4 is 23.8 Å². The predicted molar refractivity (Wildman–Crippen MR) is 62.9 cm³/mol. The first-order valence-corrected chi connectivity index (χ1v) is 6.17. The van der Waals surface area contributed by atoms with E-state index >= 15 is 0 Å². The molecule has 1 aliphatic heterocycles. The van der Waals surface area contributed by atoms with Gasteiger partial charge in [-0.3, -0.25) is 4.90 Å². The molecule has 2 N–H and O–H groups in total. The first-order valence-electron chi connectivity index (χ1n) is 5.12. The number of amides is 1. The number of hydrogen-bond acceptors (Lipinski definition) is 3. The van der Waals surface area contributed by atoms with Gasteiger partial charge < -0.3 is 10.2 Å². The normalized spacial score (nSPS) is 23.1. The lowest BCUT2D eigenvalue weighted by Crippen LogP contribution is -2.42. The number of benzene rings is 1. The summed E-state index contributed by atoms with van der Waals surface area (Å²) in [5.74, 6) is -1.64. The molecular formula is C11H10FNO4S. The van der Waals surface area contributed by atoms with Crippen LogP contribution in [0, 0.1) is 5.82 Å². The van der Waals surface area contributed by atoms with E-state index in [1.165, 1.54) is 18.2 Å². The third-order valence-corrected chi connectivity index (χ3v) is 3.98. The molecular weight excluding hydrogens is 261 g/mol. The molecule has 1 amide bonds. The highest BCUT2D eigenvalue weighted by atomic mass is 32.2. The van der Waals surface area contributed by atoms with Crippen LogP contribution in [0.2, 0.25) is 0 Å². The molecule has 0 saturated carbocycles. The second-order valence-electron chi connectivity index (χ2n) is 3.75. The largest absolute Gasteiger partial charge is 0.480 e. The van der Waals surface area contributed by atoms with Crippen molar-refractivity contribution in [2.45, 2.75) is 11.4 Å². The van der Waals surface area contributed by atoms with Crippen LogP contribution in [0.15, 0.2) is 24.3 Å². The van der Waals surface area contributed by atoms with E-state index in [2.05, 4.69) is 0 Å². The van der Waals surface area contributed by atoms with Crippen molar-refractivity contribution in [1.29, 1.82) is 0 Å². The topological polar surface area (TPSA) is 77.8 Å². The molecule has 0 aliphatic carbocycles. The van der Waals surface area contributed by atoms with E-state index in [9.17, 15) is 14.0 Å². The van der Waals surface area contributed by atoms with Crippen LogP contribution < -0.4 is 0 Å². The van der Waals surface area contributed by atoms with Gasteiger partial charge in [-0.15, -0.1) is 11.8 Å². The summed E-state index contributed by atoms with van der Waals surface area (Å²) in [6, 6.07) is 4.64. The number of thioether (sulfide) groups is 1. The van der Waals surface area contributed by atoms with Crippen LogP contribution in [0.25, 0.3) is 0 Å². The van der Waals surface area contributed by atoms with Crippen molar-refractivity contribution < 1.29 is 24.2 Å². The number of carboxylic acid groups (broad SMARTS) is 2. The molecule has 1 aliphatic rings. The van der Waals surface area contributed by atoms with Gasteiger partial charge in [-0.25, -0.2) is 14.0 Å². The van der Waals surface area contributed by atoms with E-state index in [1.54, 1.807) is 6.07 Å². The SMILES string of the molecule is O=C(O)C1CS[C@H](c2ccccc2F)N1C(=O)O. The van der Waals surface area contributed by atoms with Crippen molar-refractivity contribution in [2.24, 2.45) is 0 Å². The van der Waals surface area contributed by atoms with E-state index in [1.807, 2.05) is 0 Å². The first kappa shape index (κ1) is 12.7. The summed E-state index contributed by atoms with van der Waals surface area (Å²) in [5, 5.41) is 17.2. The van der Waals surface area contributed by atoms with Gasteiger partial charge in [0.1, 0.15) is 17.2 Å². The highest BCUT2D eigenvalue weighted by molar-refractivity contribution is 7.99. The van der Waals surface area contributed by atoms with Crippen molar-refractivity contribution in [2.75, 3.05) is 5.75 Å². The lowest BCUT2D eigenvalue weighted by Gasteiger charge is -2.24. The van der Waals surface area contributed by atoms with E-state index in [0.717, 1.165) is 16.7 Å². The summed E-state index contributed by atoms with van der Waals surface area (Å²) in [6.07, 6.45) is -1.36. The van der Waals surface area contributed by atoms with Crippen LogP contribution in [0.4, 0.5) is 9.18 Å². The molecule has 0 spiro atoms. The lowest BCUT2D eigenvalue weighted by molar-refractivity contribution is -0.141. The molecule has 1 aromatic carbocycles. The van der Waals surface area contributed by atoms with E-state index in [0.29, 0.717) is 0 Å². The van der Waals surface area contributed by atoms with Crippen molar-refractivity contribution in [1.82, 2.24) is 4.90 Å². The summed E-state index contributed by atoms with van der Waals surface area (Å²) in [6.45, 7) is 0. The number of aliphatic carboxylic acids is 1. The number of halogens is 1.